The molecule has 0 atom stereocenters. The van der Waals surface area contributed by atoms with E-state index in [1.165, 1.54) is 28.7 Å². The number of rotatable bonds is 9. The van der Waals surface area contributed by atoms with E-state index in [2.05, 4.69) is 20.5 Å². The predicted molar refractivity (Wildman–Crippen MR) is 125 cm³/mol. The average Bonchev–Trinajstić information content (AvgIpc) is 3.43. The summed E-state index contributed by atoms with van der Waals surface area (Å²) in [5, 5.41) is 14.1. The minimum absolute atomic E-state index is 0.0856. The molecular formula is C23H22N4O3S2. The van der Waals surface area contributed by atoms with Crippen LogP contribution in [-0.4, -0.2) is 21.1 Å². The van der Waals surface area contributed by atoms with Crippen LogP contribution in [-0.2, 0) is 23.6 Å². The van der Waals surface area contributed by atoms with Gasteiger partial charge in [0.15, 0.2) is 6.61 Å². The van der Waals surface area contributed by atoms with E-state index in [4.69, 9.17) is 9.15 Å². The molecule has 0 spiro atoms. The Morgan fingerprint density at radius 1 is 1.06 bits per heavy atom. The van der Waals surface area contributed by atoms with Crippen LogP contribution in [0.5, 0.6) is 5.75 Å². The van der Waals surface area contributed by atoms with Gasteiger partial charge in [0.2, 0.25) is 5.91 Å². The van der Waals surface area contributed by atoms with Crippen LogP contribution in [0.2, 0.25) is 0 Å². The van der Waals surface area contributed by atoms with Crippen molar-refractivity contribution in [2.45, 2.75) is 37.9 Å². The quantitative estimate of drug-likeness (QED) is 0.339. The molecule has 0 saturated heterocycles. The number of nitrogens with zero attached hydrogens (tertiary/aromatic N) is 3. The van der Waals surface area contributed by atoms with Crippen molar-refractivity contribution >= 4 is 34.7 Å². The highest BCUT2D eigenvalue weighted by molar-refractivity contribution is 7.98. The molecule has 0 aliphatic heterocycles. The van der Waals surface area contributed by atoms with Crippen molar-refractivity contribution in [1.82, 2.24) is 15.2 Å². The highest BCUT2D eigenvalue weighted by Crippen LogP contribution is 2.23. The monoisotopic (exact) mass is 466 g/mol. The molecule has 0 aliphatic rings. The molecule has 164 valence electrons. The minimum Gasteiger partial charge on any atom is -0.484 e. The maximum atomic E-state index is 12.2. The average molecular weight is 467 g/mol. The lowest BCUT2D eigenvalue weighted by atomic mass is 10.2. The van der Waals surface area contributed by atoms with Crippen molar-refractivity contribution in [1.29, 1.82) is 0 Å². The molecule has 32 heavy (non-hydrogen) atoms. The second-order valence-corrected chi connectivity index (χ2v) is 9.04. The number of hydrogen-bond donors (Lipinski definition) is 1. The highest BCUT2D eigenvalue weighted by atomic mass is 32.2. The first-order chi connectivity index (χ1) is 15.5. The van der Waals surface area contributed by atoms with Gasteiger partial charge < -0.3 is 14.5 Å². The van der Waals surface area contributed by atoms with Gasteiger partial charge in [-0.15, -0.1) is 21.5 Å². The number of anilines is 1. The molecule has 2 aromatic heterocycles. The molecule has 2 aromatic carbocycles. The molecule has 1 amide bonds. The predicted octanol–water partition coefficient (Wildman–Crippen LogP) is 5.20. The van der Waals surface area contributed by atoms with E-state index in [9.17, 15) is 4.79 Å². The summed E-state index contributed by atoms with van der Waals surface area (Å²) in [6.07, 6.45) is 0.240. The first-order valence-corrected chi connectivity index (χ1v) is 11.8. The number of aromatic nitrogens is 3. The normalized spacial score (nSPS) is 10.8. The van der Waals surface area contributed by atoms with E-state index in [0.717, 1.165) is 27.7 Å². The third kappa shape index (κ3) is 6.41. The standard InChI is InChI=1S/C23H22N4O3S2/c1-15-3-7-17(8-4-15)24-20(28)11-22-25-18(13-31-22)14-32-23-27-26-21(30-23)12-29-19-9-5-16(2)6-10-19/h3-10,13H,11-12,14H2,1-2H3,(H,24,28). The SMILES string of the molecule is Cc1ccc(NC(=O)Cc2nc(CSc3nnc(COc4ccc(C)cc4)o3)cs2)cc1. The maximum absolute atomic E-state index is 12.2. The number of nitrogens with one attached hydrogen (secondary N) is 1. The second kappa shape index (κ2) is 10.4. The van der Waals surface area contributed by atoms with Gasteiger partial charge in [0.25, 0.3) is 11.1 Å². The summed E-state index contributed by atoms with van der Waals surface area (Å²) in [7, 11) is 0. The third-order valence-electron chi connectivity index (χ3n) is 4.42. The molecule has 1 N–H and O–H groups in total. The zero-order chi connectivity index (χ0) is 22.3. The van der Waals surface area contributed by atoms with Gasteiger partial charge >= 0.3 is 0 Å². The number of carbonyl (C=O) groups excluding carboxylic acids is 1. The summed E-state index contributed by atoms with van der Waals surface area (Å²) in [6.45, 7) is 4.25. The molecular weight excluding hydrogens is 444 g/mol. The number of thioether (sulfide) groups is 1. The molecule has 0 saturated carbocycles. The number of amides is 1. The van der Waals surface area contributed by atoms with Crippen molar-refractivity contribution in [2.75, 3.05) is 5.32 Å². The van der Waals surface area contributed by atoms with Crippen LogP contribution in [0.15, 0.2) is 63.6 Å². The third-order valence-corrected chi connectivity index (χ3v) is 6.17. The second-order valence-electron chi connectivity index (χ2n) is 7.18. The van der Waals surface area contributed by atoms with Gasteiger partial charge in [0, 0.05) is 16.8 Å². The summed E-state index contributed by atoms with van der Waals surface area (Å²) >= 11 is 2.87. The number of benzene rings is 2. The largest absolute Gasteiger partial charge is 0.484 e. The van der Waals surface area contributed by atoms with Crippen molar-refractivity contribution in [3.63, 3.8) is 0 Å². The molecule has 2 heterocycles. The summed E-state index contributed by atoms with van der Waals surface area (Å²) < 4.78 is 11.3. The number of thiazole rings is 1. The summed E-state index contributed by atoms with van der Waals surface area (Å²) in [6, 6.07) is 15.5. The lowest BCUT2D eigenvalue weighted by molar-refractivity contribution is -0.115. The van der Waals surface area contributed by atoms with Crippen LogP contribution in [0, 0.1) is 13.8 Å². The lowest BCUT2D eigenvalue weighted by Gasteiger charge is -2.04. The van der Waals surface area contributed by atoms with Crippen LogP contribution in [0.3, 0.4) is 0 Å². The molecule has 4 rings (SSSR count). The van der Waals surface area contributed by atoms with E-state index in [0.29, 0.717) is 16.9 Å². The molecule has 0 aliphatic carbocycles. The van der Waals surface area contributed by atoms with Crippen LogP contribution in [0.4, 0.5) is 5.69 Å². The first-order valence-electron chi connectivity index (χ1n) is 9.98. The number of hydrogen-bond acceptors (Lipinski definition) is 8. The van der Waals surface area contributed by atoms with E-state index in [1.807, 2.05) is 67.8 Å². The van der Waals surface area contributed by atoms with Crippen molar-refractivity contribution in [2.24, 2.45) is 0 Å². The fourth-order valence-electron chi connectivity index (χ4n) is 2.75. The maximum Gasteiger partial charge on any atom is 0.277 e. The topological polar surface area (TPSA) is 90.1 Å². The van der Waals surface area contributed by atoms with Crippen molar-refractivity contribution in [3.05, 3.63) is 81.6 Å². The molecule has 0 bridgehead atoms. The van der Waals surface area contributed by atoms with Crippen LogP contribution < -0.4 is 10.1 Å². The van der Waals surface area contributed by atoms with Crippen molar-refractivity contribution < 1.29 is 13.9 Å². The molecule has 4 aromatic rings. The van der Waals surface area contributed by atoms with Crippen LogP contribution in [0.1, 0.15) is 27.7 Å². The minimum atomic E-state index is -0.0856. The van der Waals surface area contributed by atoms with Crippen LogP contribution in [0.25, 0.3) is 0 Å². The fourth-order valence-corrected chi connectivity index (χ4v) is 4.32. The molecule has 9 heteroatoms. The van der Waals surface area contributed by atoms with E-state index in [-0.39, 0.29) is 18.9 Å². The van der Waals surface area contributed by atoms with Gasteiger partial charge in [0.05, 0.1) is 12.1 Å². The highest BCUT2D eigenvalue weighted by Gasteiger charge is 2.12. The van der Waals surface area contributed by atoms with Crippen molar-refractivity contribution in [3.8, 4) is 5.75 Å². The van der Waals surface area contributed by atoms with E-state index >= 15 is 0 Å². The fraction of sp³-hybridized carbons (Fsp3) is 0.217. The Labute approximate surface area is 194 Å². The Balaban J connectivity index is 1.23. The molecule has 7 nitrogen and oxygen atoms in total. The Morgan fingerprint density at radius 3 is 2.53 bits per heavy atom. The Morgan fingerprint density at radius 2 is 1.78 bits per heavy atom. The van der Waals surface area contributed by atoms with Gasteiger partial charge in [-0.05, 0) is 38.1 Å². The Bertz CT molecular complexity index is 1170. The molecule has 0 radical (unpaired) electrons. The summed E-state index contributed by atoms with van der Waals surface area (Å²) in [4.78, 5) is 16.8. The summed E-state index contributed by atoms with van der Waals surface area (Å²) in [5.41, 5.74) is 3.98. The van der Waals surface area contributed by atoms with E-state index in [1.54, 1.807) is 0 Å². The summed E-state index contributed by atoms with van der Waals surface area (Å²) in [5.74, 6) is 1.66. The van der Waals surface area contributed by atoms with Gasteiger partial charge in [-0.25, -0.2) is 4.98 Å². The molecule has 0 unspecified atom stereocenters. The molecule has 0 fully saturated rings. The number of aryl methyl sites for hydroxylation is 2. The first kappa shape index (κ1) is 22.0. The zero-order valence-electron chi connectivity index (χ0n) is 17.7. The van der Waals surface area contributed by atoms with Gasteiger partial charge in [-0.1, -0.05) is 47.2 Å². The van der Waals surface area contributed by atoms with Gasteiger partial charge in [-0.3, -0.25) is 4.79 Å². The Kier molecular flexibility index (Phi) is 7.18. The zero-order valence-corrected chi connectivity index (χ0v) is 19.3. The Hall–Kier alpha value is -3.17. The number of carbonyl (C=O) groups is 1. The smallest absolute Gasteiger partial charge is 0.277 e. The van der Waals surface area contributed by atoms with E-state index < -0.39 is 0 Å². The van der Waals surface area contributed by atoms with Gasteiger partial charge in [-0.2, -0.15) is 0 Å². The lowest BCUT2D eigenvalue weighted by Crippen LogP contribution is -2.14. The number of ether oxygens (including phenoxy) is 1. The van der Waals surface area contributed by atoms with Gasteiger partial charge in [0.1, 0.15) is 10.8 Å². The van der Waals surface area contributed by atoms with Crippen LogP contribution >= 0.6 is 23.1 Å².